The lowest BCUT2D eigenvalue weighted by Crippen LogP contribution is -2.19. The van der Waals surface area contributed by atoms with Gasteiger partial charge in [-0.1, -0.05) is 48.8 Å². The number of ether oxygens (including phenoxy) is 1. The van der Waals surface area contributed by atoms with Crippen molar-refractivity contribution in [3.05, 3.63) is 29.3 Å². The van der Waals surface area contributed by atoms with Gasteiger partial charge in [-0.05, 0) is 29.0 Å². The SMILES string of the molecule is CCc1cc(C(C)(C)CBr)ccc1OC. The fraction of sp³-hybridized carbons (Fsp3) is 0.538. The molecule has 0 saturated carbocycles. The molecule has 0 heterocycles. The Labute approximate surface area is 101 Å². The van der Waals surface area contributed by atoms with Crippen molar-refractivity contribution in [2.75, 3.05) is 12.4 Å². The van der Waals surface area contributed by atoms with Crippen molar-refractivity contribution in [3.63, 3.8) is 0 Å². The van der Waals surface area contributed by atoms with E-state index in [2.05, 4.69) is 54.9 Å². The van der Waals surface area contributed by atoms with Crippen LogP contribution in [0.4, 0.5) is 0 Å². The molecule has 0 aromatic heterocycles. The predicted octanol–water partition coefficient (Wildman–Crippen LogP) is 3.93. The molecule has 1 aromatic carbocycles. The number of hydrogen-bond donors (Lipinski definition) is 0. The smallest absolute Gasteiger partial charge is 0.122 e. The van der Waals surface area contributed by atoms with E-state index in [-0.39, 0.29) is 5.41 Å². The highest BCUT2D eigenvalue weighted by Gasteiger charge is 2.19. The average molecular weight is 271 g/mol. The summed E-state index contributed by atoms with van der Waals surface area (Å²) in [5.74, 6) is 0.992. The Morgan fingerprint density at radius 2 is 2.00 bits per heavy atom. The molecule has 0 fully saturated rings. The Morgan fingerprint density at radius 1 is 1.33 bits per heavy atom. The van der Waals surface area contributed by atoms with E-state index in [1.54, 1.807) is 7.11 Å². The topological polar surface area (TPSA) is 9.23 Å². The zero-order valence-electron chi connectivity index (χ0n) is 9.93. The van der Waals surface area contributed by atoms with E-state index in [0.29, 0.717) is 0 Å². The predicted molar refractivity (Wildman–Crippen MR) is 69.2 cm³/mol. The largest absolute Gasteiger partial charge is 0.496 e. The van der Waals surface area contributed by atoms with Crippen molar-refractivity contribution in [1.82, 2.24) is 0 Å². The molecule has 84 valence electrons. The molecular formula is C13H19BrO. The van der Waals surface area contributed by atoms with Gasteiger partial charge in [-0.3, -0.25) is 0 Å². The highest BCUT2D eigenvalue weighted by Crippen LogP contribution is 2.29. The van der Waals surface area contributed by atoms with E-state index < -0.39 is 0 Å². The number of hydrogen-bond acceptors (Lipinski definition) is 1. The lowest BCUT2D eigenvalue weighted by Gasteiger charge is -2.23. The second kappa shape index (κ2) is 5.02. The van der Waals surface area contributed by atoms with Crippen LogP contribution in [0.25, 0.3) is 0 Å². The summed E-state index contributed by atoms with van der Waals surface area (Å²) >= 11 is 3.56. The van der Waals surface area contributed by atoms with Crippen molar-refractivity contribution in [1.29, 1.82) is 0 Å². The maximum atomic E-state index is 5.33. The summed E-state index contributed by atoms with van der Waals surface area (Å²) < 4.78 is 5.33. The molecule has 0 atom stereocenters. The summed E-state index contributed by atoms with van der Waals surface area (Å²) in [4.78, 5) is 0. The van der Waals surface area contributed by atoms with Crippen LogP contribution in [0, 0.1) is 0 Å². The summed E-state index contributed by atoms with van der Waals surface area (Å²) in [6.45, 7) is 6.63. The van der Waals surface area contributed by atoms with Crippen LogP contribution in [0.15, 0.2) is 18.2 Å². The summed E-state index contributed by atoms with van der Waals surface area (Å²) in [5.41, 5.74) is 2.82. The molecule has 0 N–H and O–H groups in total. The third-order valence-corrected chi connectivity index (χ3v) is 4.18. The quantitative estimate of drug-likeness (QED) is 0.754. The van der Waals surface area contributed by atoms with Crippen molar-refractivity contribution >= 4 is 15.9 Å². The second-order valence-corrected chi connectivity index (χ2v) is 4.96. The van der Waals surface area contributed by atoms with Crippen LogP contribution in [-0.2, 0) is 11.8 Å². The molecule has 0 aliphatic heterocycles. The van der Waals surface area contributed by atoms with Crippen LogP contribution in [0.5, 0.6) is 5.75 Å². The van der Waals surface area contributed by atoms with E-state index in [1.807, 2.05) is 0 Å². The summed E-state index contributed by atoms with van der Waals surface area (Å²) in [6, 6.07) is 6.47. The summed E-state index contributed by atoms with van der Waals surface area (Å²) in [6.07, 6.45) is 1.01. The molecule has 2 heteroatoms. The minimum Gasteiger partial charge on any atom is -0.496 e. The van der Waals surface area contributed by atoms with Crippen LogP contribution >= 0.6 is 15.9 Å². The Kier molecular flexibility index (Phi) is 4.21. The third kappa shape index (κ3) is 2.75. The fourth-order valence-corrected chi connectivity index (χ4v) is 1.88. The lowest BCUT2D eigenvalue weighted by molar-refractivity contribution is 0.409. The van der Waals surface area contributed by atoms with Gasteiger partial charge in [0.05, 0.1) is 7.11 Å². The Morgan fingerprint density at radius 3 is 2.47 bits per heavy atom. The first-order chi connectivity index (χ1) is 7.05. The highest BCUT2D eigenvalue weighted by molar-refractivity contribution is 9.09. The maximum absolute atomic E-state index is 5.33. The Balaban J connectivity index is 3.13. The van der Waals surface area contributed by atoms with Gasteiger partial charge in [0.2, 0.25) is 0 Å². The highest BCUT2D eigenvalue weighted by atomic mass is 79.9. The molecule has 15 heavy (non-hydrogen) atoms. The van der Waals surface area contributed by atoms with Crippen molar-refractivity contribution in [2.24, 2.45) is 0 Å². The van der Waals surface area contributed by atoms with Gasteiger partial charge in [0.25, 0.3) is 0 Å². The van der Waals surface area contributed by atoms with Gasteiger partial charge < -0.3 is 4.74 Å². The van der Waals surface area contributed by atoms with Crippen LogP contribution < -0.4 is 4.74 Å². The fourth-order valence-electron chi connectivity index (χ4n) is 1.55. The van der Waals surface area contributed by atoms with Crippen LogP contribution in [-0.4, -0.2) is 12.4 Å². The summed E-state index contributed by atoms with van der Waals surface area (Å²) in [5, 5.41) is 0.968. The minimum atomic E-state index is 0.177. The number of alkyl halides is 1. The first-order valence-corrected chi connectivity index (χ1v) is 6.40. The second-order valence-electron chi connectivity index (χ2n) is 4.40. The molecule has 0 spiro atoms. The number of halogens is 1. The van der Waals surface area contributed by atoms with Gasteiger partial charge in [0.15, 0.2) is 0 Å². The third-order valence-electron chi connectivity index (χ3n) is 2.78. The van der Waals surface area contributed by atoms with E-state index >= 15 is 0 Å². The number of rotatable bonds is 4. The van der Waals surface area contributed by atoms with Gasteiger partial charge in [-0.15, -0.1) is 0 Å². The van der Waals surface area contributed by atoms with Crippen LogP contribution in [0.2, 0.25) is 0 Å². The molecule has 0 bridgehead atoms. The van der Waals surface area contributed by atoms with E-state index in [1.165, 1.54) is 11.1 Å². The molecule has 1 nitrogen and oxygen atoms in total. The van der Waals surface area contributed by atoms with E-state index in [9.17, 15) is 0 Å². The number of methoxy groups -OCH3 is 1. The van der Waals surface area contributed by atoms with E-state index in [4.69, 9.17) is 4.74 Å². The maximum Gasteiger partial charge on any atom is 0.122 e. The molecule has 0 aliphatic carbocycles. The standard InChI is InChI=1S/C13H19BrO/c1-5-10-8-11(13(2,3)9-14)6-7-12(10)15-4/h6-8H,5,9H2,1-4H3. The Bertz CT molecular complexity index is 331. The zero-order chi connectivity index (χ0) is 11.5. The molecule has 0 aliphatic rings. The Hall–Kier alpha value is -0.500. The van der Waals surface area contributed by atoms with Crippen LogP contribution in [0.3, 0.4) is 0 Å². The van der Waals surface area contributed by atoms with E-state index in [0.717, 1.165) is 17.5 Å². The van der Waals surface area contributed by atoms with Gasteiger partial charge >= 0.3 is 0 Å². The van der Waals surface area contributed by atoms with Gasteiger partial charge in [-0.2, -0.15) is 0 Å². The molecule has 0 unspecified atom stereocenters. The normalized spacial score (nSPS) is 11.5. The van der Waals surface area contributed by atoms with Gasteiger partial charge in [0.1, 0.15) is 5.75 Å². The molecule has 1 aromatic rings. The molecule has 0 amide bonds. The number of aryl methyl sites for hydroxylation is 1. The summed E-state index contributed by atoms with van der Waals surface area (Å²) in [7, 11) is 1.73. The first kappa shape index (κ1) is 12.6. The van der Waals surface area contributed by atoms with Crippen molar-refractivity contribution < 1.29 is 4.74 Å². The zero-order valence-corrected chi connectivity index (χ0v) is 11.5. The molecule has 1 rings (SSSR count). The lowest BCUT2D eigenvalue weighted by atomic mass is 9.85. The molecular weight excluding hydrogens is 252 g/mol. The average Bonchev–Trinajstić information content (AvgIpc) is 2.28. The first-order valence-electron chi connectivity index (χ1n) is 5.28. The monoisotopic (exact) mass is 270 g/mol. The number of benzene rings is 1. The van der Waals surface area contributed by atoms with Crippen molar-refractivity contribution in [2.45, 2.75) is 32.6 Å². The molecule has 0 saturated heterocycles. The van der Waals surface area contributed by atoms with Gasteiger partial charge in [-0.25, -0.2) is 0 Å². The van der Waals surface area contributed by atoms with Gasteiger partial charge in [0, 0.05) is 5.33 Å². The molecule has 0 radical (unpaired) electrons. The van der Waals surface area contributed by atoms with Crippen LogP contribution in [0.1, 0.15) is 31.9 Å². The van der Waals surface area contributed by atoms with Crippen molar-refractivity contribution in [3.8, 4) is 5.75 Å². The minimum absolute atomic E-state index is 0.177.